The van der Waals surface area contributed by atoms with Gasteiger partial charge in [-0.2, -0.15) is 0 Å². The maximum Gasteiger partial charge on any atom is 0.224 e. The van der Waals surface area contributed by atoms with Gasteiger partial charge in [0.1, 0.15) is 0 Å². The number of nitrogens with zero attached hydrogens (tertiary/aromatic N) is 3. The van der Waals surface area contributed by atoms with Crippen LogP contribution >= 0.6 is 0 Å². The number of hydrogen-bond donors (Lipinski definition) is 2. The average Bonchev–Trinajstić information content (AvgIpc) is 2.77. The van der Waals surface area contributed by atoms with Crippen molar-refractivity contribution >= 4 is 17.6 Å². The third-order valence-electron chi connectivity index (χ3n) is 4.91. The minimum Gasteiger partial charge on any atom is -0.368 e. The minimum atomic E-state index is 0.193. The lowest BCUT2D eigenvalue weighted by molar-refractivity contribution is -0.131. The highest BCUT2D eigenvalue weighted by molar-refractivity contribution is 5.81. The summed E-state index contributed by atoms with van der Waals surface area (Å²) < 4.78 is 0. The van der Waals surface area contributed by atoms with Gasteiger partial charge >= 0.3 is 0 Å². The summed E-state index contributed by atoms with van der Waals surface area (Å²) >= 11 is 0. The molecule has 0 aliphatic carbocycles. The normalized spacial score (nSPS) is 14.7. The summed E-state index contributed by atoms with van der Waals surface area (Å²) in [5, 5.41) is 6.50. The molecule has 1 aliphatic rings. The molecule has 6 heteroatoms. The predicted molar refractivity (Wildman–Crippen MR) is 114 cm³/mol. The number of hydrogen-bond acceptors (Lipinski definition) is 3. The van der Waals surface area contributed by atoms with E-state index in [1.807, 2.05) is 29.2 Å². The summed E-state index contributed by atoms with van der Waals surface area (Å²) in [6.07, 6.45) is 0.470. The van der Waals surface area contributed by atoms with E-state index in [1.54, 1.807) is 7.05 Å². The number of nitrogens with one attached hydrogen (secondary N) is 2. The number of guanidine groups is 1. The van der Waals surface area contributed by atoms with E-state index in [9.17, 15) is 4.79 Å². The van der Waals surface area contributed by atoms with Crippen LogP contribution in [0.5, 0.6) is 0 Å². The second kappa shape index (κ2) is 10.3. The lowest BCUT2D eigenvalue weighted by Gasteiger charge is -2.36. The van der Waals surface area contributed by atoms with E-state index in [1.165, 1.54) is 11.3 Å². The summed E-state index contributed by atoms with van der Waals surface area (Å²) in [5.41, 5.74) is 2.42. The molecule has 1 fully saturated rings. The van der Waals surface area contributed by atoms with Crippen molar-refractivity contribution in [2.75, 3.05) is 44.7 Å². The molecule has 0 saturated carbocycles. The predicted octanol–water partition coefficient (Wildman–Crippen LogP) is 2.09. The molecule has 0 aromatic heterocycles. The second-order valence-corrected chi connectivity index (χ2v) is 6.79. The molecule has 1 amide bonds. The fourth-order valence-corrected chi connectivity index (χ4v) is 3.30. The van der Waals surface area contributed by atoms with Crippen LogP contribution in [0.2, 0.25) is 0 Å². The fraction of sp³-hybridized carbons (Fsp3) is 0.364. The van der Waals surface area contributed by atoms with Gasteiger partial charge in [-0.1, -0.05) is 48.5 Å². The lowest BCUT2D eigenvalue weighted by Crippen LogP contribution is -2.49. The third kappa shape index (κ3) is 5.74. The molecule has 2 N–H and O–H groups in total. The van der Waals surface area contributed by atoms with Gasteiger partial charge in [-0.15, -0.1) is 0 Å². The van der Waals surface area contributed by atoms with E-state index in [-0.39, 0.29) is 5.91 Å². The summed E-state index contributed by atoms with van der Waals surface area (Å²) in [6.45, 7) is 4.58. The number of carbonyl (C=O) groups is 1. The standard InChI is InChI=1S/C22H29N5O/c1-23-22(25-18-19-8-4-2-5-9-19)24-13-12-21(28)27-16-14-26(15-17-27)20-10-6-3-7-11-20/h2-11H,12-18H2,1H3,(H2,23,24,25). The molecule has 6 nitrogen and oxygen atoms in total. The molecule has 28 heavy (non-hydrogen) atoms. The van der Waals surface area contributed by atoms with Crippen molar-refractivity contribution in [3.8, 4) is 0 Å². The van der Waals surface area contributed by atoms with Crippen molar-refractivity contribution in [3.05, 3.63) is 66.2 Å². The molecule has 148 valence electrons. The van der Waals surface area contributed by atoms with E-state index >= 15 is 0 Å². The topological polar surface area (TPSA) is 60.0 Å². The Balaban J connectivity index is 1.36. The van der Waals surface area contributed by atoms with Gasteiger partial charge in [-0.3, -0.25) is 9.79 Å². The molecule has 3 rings (SSSR count). The van der Waals surface area contributed by atoms with Gasteiger partial charge in [-0.05, 0) is 17.7 Å². The number of rotatable bonds is 6. The quantitative estimate of drug-likeness (QED) is 0.596. The molecule has 1 heterocycles. The smallest absolute Gasteiger partial charge is 0.224 e. The monoisotopic (exact) mass is 379 g/mol. The van der Waals surface area contributed by atoms with Gasteiger partial charge in [0.2, 0.25) is 5.91 Å². The van der Waals surface area contributed by atoms with Gasteiger partial charge in [0, 0.05) is 58.4 Å². The van der Waals surface area contributed by atoms with Gasteiger partial charge in [0.15, 0.2) is 5.96 Å². The van der Waals surface area contributed by atoms with Crippen LogP contribution in [-0.4, -0.2) is 56.5 Å². The highest BCUT2D eigenvalue weighted by atomic mass is 16.2. The first-order valence-electron chi connectivity index (χ1n) is 9.82. The number of piperazine rings is 1. The number of aliphatic imine (C=N–C) groups is 1. The first-order valence-corrected chi connectivity index (χ1v) is 9.82. The van der Waals surface area contributed by atoms with Crippen molar-refractivity contribution in [2.45, 2.75) is 13.0 Å². The molecule has 0 unspecified atom stereocenters. The fourth-order valence-electron chi connectivity index (χ4n) is 3.30. The van der Waals surface area contributed by atoms with Crippen LogP contribution in [0.1, 0.15) is 12.0 Å². The van der Waals surface area contributed by atoms with Crippen molar-refractivity contribution in [1.29, 1.82) is 0 Å². The number of anilines is 1. The lowest BCUT2D eigenvalue weighted by atomic mass is 10.2. The zero-order valence-electron chi connectivity index (χ0n) is 16.5. The van der Waals surface area contributed by atoms with Gasteiger partial charge in [0.05, 0.1) is 0 Å². The number of para-hydroxylation sites is 1. The Bertz CT molecular complexity index is 755. The Hall–Kier alpha value is -3.02. The van der Waals surface area contributed by atoms with E-state index in [4.69, 9.17) is 0 Å². The molecule has 0 bridgehead atoms. The molecule has 1 aliphatic heterocycles. The van der Waals surface area contributed by atoms with E-state index in [0.717, 1.165) is 26.2 Å². The Morgan fingerprint density at radius 2 is 1.57 bits per heavy atom. The first kappa shape index (κ1) is 19.7. The first-order chi connectivity index (χ1) is 13.8. The number of carbonyl (C=O) groups excluding carboxylic acids is 1. The Morgan fingerprint density at radius 1 is 0.929 bits per heavy atom. The highest BCUT2D eigenvalue weighted by Gasteiger charge is 2.20. The summed E-state index contributed by atoms with van der Waals surface area (Å²) in [5.74, 6) is 0.907. The highest BCUT2D eigenvalue weighted by Crippen LogP contribution is 2.15. The molecular weight excluding hydrogens is 350 g/mol. The van der Waals surface area contributed by atoms with Crippen LogP contribution in [0.3, 0.4) is 0 Å². The largest absolute Gasteiger partial charge is 0.368 e. The Kier molecular flexibility index (Phi) is 7.29. The van der Waals surface area contributed by atoms with Crippen molar-refractivity contribution in [2.24, 2.45) is 4.99 Å². The molecule has 2 aromatic rings. The number of benzene rings is 2. The van der Waals surface area contributed by atoms with Crippen LogP contribution in [0, 0.1) is 0 Å². The maximum absolute atomic E-state index is 12.5. The second-order valence-electron chi connectivity index (χ2n) is 6.79. The van der Waals surface area contributed by atoms with E-state index in [0.29, 0.717) is 25.5 Å². The molecule has 2 aromatic carbocycles. The molecule has 0 radical (unpaired) electrons. The SMILES string of the molecule is CN=C(NCCC(=O)N1CCN(c2ccccc2)CC1)NCc1ccccc1. The van der Waals surface area contributed by atoms with Gasteiger partial charge < -0.3 is 20.4 Å². The molecule has 0 atom stereocenters. The summed E-state index contributed by atoms with van der Waals surface area (Å²) in [4.78, 5) is 21.0. The van der Waals surface area contributed by atoms with Gasteiger partial charge in [-0.25, -0.2) is 0 Å². The minimum absolute atomic E-state index is 0.193. The van der Waals surface area contributed by atoms with Crippen LogP contribution < -0.4 is 15.5 Å². The van der Waals surface area contributed by atoms with Crippen molar-refractivity contribution < 1.29 is 4.79 Å². The maximum atomic E-state index is 12.5. The van der Waals surface area contributed by atoms with Crippen LogP contribution in [0.15, 0.2) is 65.7 Å². The van der Waals surface area contributed by atoms with Crippen molar-refractivity contribution in [1.82, 2.24) is 15.5 Å². The van der Waals surface area contributed by atoms with Crippen LogP contribution in [-0.2, 0) is 11.3 Å². The van der Waals surface area contributed by atoms with E-state index in [2.05, 4.69) is 56.9 Å². The Morgan fingerprint density at radius 3 is 2.21 bits per heavy atom. The molecule has 0 spiro atoms. The average molecular weight is 380 g/mol. The summed E-state index contributed by atoms with van der Waals surface area (Å²) in [6, 6.07) is 20.5. The van der Waals surface area contributed by atoms with Crippen LogP contribution in [0.4, 0.5) is 5.69 Å². The van der Waals surface area contributed by atoms with Crippen LogP contribution in [0.25, 0.3) is 0 Å². The van der Waals surface area contributed by atoms with Gasteiger partial charge in [0.25, 0.3) is 0 Å². The summed E-state index contributed by atoms with van der Waals surface area (Å²) in [7, 11) is 1.74. The Labute approximate surface area is 167 Å². The molecular formula is C22H29N5O. The molecule has 1 saturated heterocycles. The third-order valence-corrected chi connectivity index (χ3v) is 4.91. The van der Waals surface area contributed by atoms with E-state index < -0.39 is 0 Å². The zero-order chi connectivity index (χ0) is 19.6. The van der Waals surface area contributed by atoms with Crippen molar-refractivity contribution in [3.63, 3.8) is 0 Å². The number of amides is 1. The zero-order valence-corrected chi connectivity index (χ0v) is 16.5.